The summed E-state index contributed by atoms with van der Waals surface area (Å²) in [6, 6.07) is 14.7. The number of esters is 1. The molecule has 1 aromatic heterocycles. The van der Waals surface area contributed by atoms with Crippen molar-refractivity contribution in [1.29, 1.82) is 5.26 Å². The first kappa shape index (κ1) is 16.4. The van der Waals surface area contributed by atoms with E-state index in [1.807, 2.05) is 25.1 Å². The van der Waals surface area contributed by atoms with E-state index >= 15 is 0 Å². The van der Waals surface area contributed by atoms with Gasteiger partial charge in [0, 0.05) is 11.1 Å². The molecule has 1 N–H and O–H groups in total. The van der Waals surface area contributed by atoms with Gasteiger partial charge in [-0.05, 0) is 50.2 Å². The summed E-state index contributed by atoms with van der Waals surface area (Å²) in [5.74, 6) is -0.363. The van der Waals surface area contributed by atoms with Gasteiger partial charge in [0.1, 0.15) is 6.07 Å². The maximum atomic E-state index is 11.7. The molecule has 0 fully saturated rings. The smallest absolute Gasteiger partial charge is 0.338 e. The minimum absolute atomic E-state index is 0.215. The molecule has 0 radical (unpaired) electrons. The molecule has 1 heterocycles. The van der Waals surface area contributed by atoms with E-state index in [4.69, 9.17) is 4.74 Å². The Morgan fingerprint density at radius 2 is 1.96 bits per heavy atom. The molecule has 6 nitrogen and oxygen atoms in total. The van der Waals surface area contributed by atoms with Crippen molar-refractivity contribution in [2.45, 2.75) is 13.8 Å². The van der Waals surface area contributed by atoms with Crippen molar-refractivity contribution < 1.29 is 9.53 Å². The number of carbonyl (C=O) groups excluding carboxylic acids is 1. The van der Waals surface area contributed by atoms with E-state index in [0.717, 1.165) is 16.6 Å². The molecule has 6 heteroatoms. The highest BCUT2D eigenvalue weighted by Gasteiger charge is 2.12. The molecule has 0 bridgehead atoms. The topological polar surface area (TPSA) is 87.9 Å². The average molecular weight is 332 g/mol. The Balaban J connectivity index is 1.98. The summed E-state index contributed by atoms with van der Waals surface area (Å²) in [7, 11) is 0. The molecule has 0 saturated carbocycles. The summed E-state index contributed by atoms with van der Waals surface area (Å²) >= 11 is 0. The highest BCUT2D eigenvalue weighted by Crippen LogP contribution is 2.28. The van der Waals surface area contributed by atoms with E-state index in [-0.39, 0.29) is 11.7 Å². The number of carbonyl (C=O) groups is 1. The van der Waals surface area contributed by atoms with Gasteiger partial charge in [-0.2, -0.15) is 5.26 Å². The largest absolute Gasteiger partial charge is 0.462 e. The number of hydrogen-bond acceptors (Lipinski definition) is 6. The summed E-state index contributed by atoms with van der Waals surface area (Å²) in [5.41, 5.74) is 3.79. The zero-order valence-electron chi connectivity index (χ0n) is 13.9. The quantitative estimate of drug-likeness (QED) is 0.732. The number of rotatable bonds is 4. The molecule has 3 aromatic rings. The van der Waals surface area contributed by atoms with Gasteiger partial charge in [0.15, 0.2) is 5.69 Å². The Labute approximate surface area is 145 Å². The van der Waals surface area contributed by atoms with Crippen LogP contribution >= 0.6 is 0 Å². The third-order valence-electron chi connectivity index (χ3n) is 3.69. The molecular weight excluding hydrogens is 316 g/mol. The maximum absolute atomic E-state index is 11.7. The molecule has 0 aliphatic carbocycles. The lowest BCUT2D eigenvalue weighted by molar-refractivity contribution is 0.0526. The fourth-order valence-corrected chi connectivity index (χ4v) is 2.47. The minimum Gasteiger partial charge on any atom is -0.462 e. The number of nitriles is 1. The van der Waals surface area contributed by atoms with Gasteiger partial charge < -0.3 is 10.1 Å². The molecule has 0 saturated heterocycles. The van der Waals surface area contributed by atoms with Gasteiger partial charge in [-0.1, -0.05) is 11.6 Å². The van der Waals surface area contributed by atoms with Crippen LogP contribution < -0.4 is 5.32 Å². The highest BCUT2D eigenvalue weighted by atomic mass is 16.5. The van der Waals surface area contributed by atoms with Crippen molar-refractivity contribution >= 4 is 28.2 Å². The Morgan fingerprint density at radius 3 is 2.64 bits per heavy atom. The van der Waals surface area contributed by atoms with Crippen LogP contribution in [0.25, 0.3) is 10.9 Å². The average Bonchev–Trinajstić information content (AvgIpc) is 2.63. The zero-order chi connectivity index (χ0) is 17.8. The van der Waals surface area contributed by atoms with Crippen LogP contribution in [-0.2, 0) is 4.74 Å². The molecule has 0 aliphatic rings. The van der Waals surface area contributed by atoms with E-state index in [2.05, 4.69) is 21.6 Å². The molecule has 124 valence electrons. The summed E-state index contributed by atoms with van der Waals surface area (Å²) in [5, 5.41) is 21.4. The van der Waals surface area contributed by atoms with Crippen molar-refractivity contribution in [2.24, 2.45) is 0 Å². The molecule has 0 atom stereocenters. The number of nitrogens with one attached hydrogen (secondary N) is 1. The lowest BCUT2D eigenvalue weighted by atomic mass is 10.1. The van der Waals surface area contributed by atoms with Crippen LogP contribution in [0.15, 0.2) is 42.5 Å². The first-order valence-corrected chi connectivity index (χ1v) is 7.83. The molecular formula is C19H16N4O2. The van der Waals surface area contributed by atoms with E-state index in [9.17, 15) is 10.1 Å². The van der Waals surface area contributed by atoms with Crippen LogP contribution in [0.1, 0.15) is 28.5 Å². The van der Waals surface area contributed by atoms with Crippen molar-refractivity contribution in [3.05, 3.63) is 59.3 Å². The zero-order valence-corrected chi connectivity index (χ0v) is 13.9. The summed E-state index contributed by atoms with van der Waals surface area (Å²) in [6.45, 7) is 4.07. The third-order valence-corrected chi connectivity index (χ3v) is 3.69. The van der Waals surface area contributed by atoms with Gasteiger partial charge in [0.05, 0.1) is 23.4 Å². The van der Waals surface area contributed by atoms with Crippen molar-refractivity contribution in [3.63, 3.8) is 0 Å². The second-order valence-electron chi connectivity index (χ2n) is 5.48. The summed E-state index contributed by atoms with van der Waals surface area (Å²) in [4.78, 5) is 11.7. The SMILES string of the molecule is CCOC(=O)c1ccc(Nc2c(C#N)nnc3ccc(C)cc23)cc1. The fraction of sp³-hybridized carbons (Fsp3) is 0.158. The molecule has 0 spiro atoms. The van der Waals surface area contributed by atoms with E-state index in [0.29, 0.717) is 23.4 Å². The predicted molar refractivity (Wildman–Crippen MR) is 94.7 cm³/mol. The van der Waals surface area contributed by atoms with Gasteiger partial charge >= 0.3 is 5.97 Å². The van der Waals surface area contributed by atoms with Crippen LogP contribution in [0, 0.1) is 18.3 Å². The third kappa shape index (κ3) is 3.40. The van der Waals surface area contributed by atoms with Gasteiger partial charge in [-0.3, -0.25) is 0 Å². The van der Waals surface area contributed by atoms with Gasteiger partial charge in [0.2, 0.25) is 0 Å². The molecule has 25 heavy (non-hydrogen) atoms. The number of nitrogens with zero attached hydrogens (tertiary/aromatic N) is 3. The Bertz CT molecular complexity index is 975. The molecule has 3 rings (SSSR count). The Hall–Kier alpha value is -3.46. The summed E-state index contributed by atoms with van der Waals surface area (Å²) < 4.78 is 4.97. The second-order valence-corrected chi connectivity index (χ2v) is 5.48. The normalized spacial score (nSPS) is 10.3. The van der Waals surface area contributed by atoms with E-state index in [1.54, 1.807) is 31.2 Å². The first-order chi connectivity index (χ1) is 12.1. The van der Waals surface area contributed by atoms with Crippen LogP contribution in [-0.4, -0.2) is 22.8 Å². The standard InChI is InChI=1S/C19H16N4O2/c1-3-25-19(24)13-5-7-14(8-6-13)21-18-15-10-12(2)4-9-16(15)22-23-17(18)11-20/h4-10H,3H2,1-2H3,(H,21,22). The fourth-order valence-electron chi connectivity index (χ4n) is 2.47. The number of fused-ring (bicyclic) bond motifs is 1. The van der Waals surface area contributed by atoms with Gasteiger partial charge in [-0.15, -0.1) is 10.2 Å². The van der Waals surface area contributed by atoms with Crippen LogP contribution in [0.4, 0.5) is 11.4 Å². The van der Waals surface area contributed by atoms with Gasteiger partial charge in [-0.25, -0.2) is 4.79 Å². The summed E-state index contributed by atoms with van der Waals surface area (Å²) in [6.07, 6.45) is 0. The van der Waals surface area contributed by atoms with E-state index < -0.39 is 0 Å². The van der Waals surface area contributed by atoms with Crippen LogP contribution in [0.2, 0.25) is 0 Å². The lowest BCUT2D eigenvalue weighted by Gasteiger charge is -2.11. The molecule has 2 aromatic carbocycles. The monoisotopic (exact) mass is 332 g/mol. The molecule has 0 amide bonds. The van der Waals surface area contributed by atoms with E-state index in [1.165, 1.54) is 0 Å². The highest BCUT2D eigenvalue weighted by molar-refractivity contribution is 5.95. The van der Waals surface area contributed by atoms with Crippen molar-refractivity contribution in [1.82, 2.24) is 10.2 Å². The number of hydrogen-bond donors (Lipinski definition) is 1. The molecule has 0 aliphatic heterocycles. The van der Waals surface area contributed by atoms with Crippen LogP contribution in [0.3, 0.4) is 0 Å². The number of aryl methyl sites for hydroxylation is 1. The number of benzene rings is 2. The second kappa shape index (κ2) is 6.97. The lowest BCUT2D eigenvalue weighted by Crippen LogP contribution is -2.05. The van der Waals surface area contributed by atoms with Crippen molar-refractivity contribution in [3.8, 4) is 6.07 Å². The van der Waals surface area contributed by atoms with Crippen molar-refractivity contribution in [2.75, 3.05) is 11.9 Å². The number of aromatic nitrogens is 2. The Morgan fingerprint density at radius 1 is 1.20 bits per heavy atom. The molecule has 0 unspecified atom stereocenters. The van der Waals surface area contributed by atoms with Gasteiger partial charge in [0.25, 0.3) is 0 Å². The maximum Gasteiger partial charge on any atom is 0.338 e. The minimum atomic E-state index is -0.363. The number of ether oxygens (including phenoxy) is 1. The first-order valence-electron chi connectivity index (χ1n) is 7.83. The predicted octanol–water partition coefficient (Wildman–Crippen LogP) is 3.73. The number of anilines is 2. The Kier molecular flexibility index (Phi) is 4.57. The van der Waals surface area contributed by atoms with Crippen LogP contribution in [0.5, 0.6) is 0 Å².